The molecular weight excluding hydrogens is 158 g/mol. The van der Waals surface area contributed by atoms with Crippen LogP contribution in [0.3, 0.4) is 0 Å². The molecule has 4 atom stereocenters. The minimum Gasteiger partial charge on any atom is -0.396 e. The van der Waals surface area contributed by atoms with Crippen molar-refractivity contribution in [3.8, 4) is 0 Å². The molecule has 0 aliphatic carbocycles. The highest BCUT2D eigenvalue weighted by Crippen LogP contribution is 2.31. The van der Waals surface area contributed by atoms with Crippen LogP contribution in [0.2, 0.25) is 0 Å². The van der Waals surface area contributed by atoms with Gasteiger partial charge in [-0.25, -0.2) is 0 Å². The molecule has 2 rings (SSSR count). The van der Waals surface area contributed by atoms with E-state index in [-0.39, 0.29) is 12.7 Å². The third-order valence-corrected chi connectivity index (χ3v) is 2.60. The molecule has 4 heteroatoms. The van der Waals surface area contributed by atoms with Crippen molar-refractivity contribution < 1.29 is 14.9 Å². The topological polar surface area (TPSA) is 65.0 Å². The highest BCUT2D eigenvalue weighted by Gasteiger charge is 2.48. The van der Waals surface area contributed by atoms with Gasteiger partial charge in [-0.3, -0.25) is 0 Å². The lowest BCUT2D eigenvalue weighted by Gasteiger charge is -2.36. The molecule has 2 fully saturated rings. The summed E-state index contributed by atoms with van der Waals surface area (Å²) in [5.74, 6) is 0. The average Bonchev–Trinajstić information content (AvgIpc) is 2.64. The van der Waals surface area contributed by atoms with Crippen LogP contribution in [0.15, 0.2) is 0 Å². The number of nitrogens with one attached hydrogen (secondary N) is 1. The van der Waals surface area contributed by atoms with Crippen molar-refractivity contribution in [2.75, 3.05) is 6.61 Å². The zero-order valence-electron chi connectivity index (χ0n) is 6.94. The number of epoxide rings is 1. The van der Waals surface area contributed by atoms with Gasteiger partial charge in [-0.05, 0) is 19.3 Å². The van der Waals surface area contributed by atoms with E-state index < -0.39 is 6.29 Å². The molecule has 0 aromatic heterocycles. The van der Waals surface area contributed by atoms with Gasteiger partial charge in [-0.15, -0.1) is 0 Å². The van der Waals surface area contributed by atoms with Crippen molar-refractivity contribution in [1.29, 1.82) is 0 Å². The lowest BCUT2D eigenvalue weighted by Crippen LogP contribution is -2.55. The summed E-state index contributed by atoms with van der Waals surface area (Å²) >= 11 is 0. The van der Waals surface area contributed by atoms with Crippen LogP contribution in [0.1, 0.15) is 19.3 Å². The maximum Gasteiger partial charge on any atom is 0.183 e. The molecule has 0 aromatic carbocycles. The van der Waals surface area contributed by atoms with Gasteiger partial charge >= 0.3 is 0 Å². The third kappa shape index (κ3) is 1.61. The normalized spacial score (nSPS) is 45.5. The van der Waals surface area contributed by atoms with Gasteiger partial charge < -0.3 is 20.3 Å². The van der Waals surface area contributed by atoms with Gasteiger partial charge in [-0.1, -0.05) is 0 Å². The molecule has 2 aliphatic rings. The smallest absolute Gasteiger partial charge is 0.183 e. The second-order valence-electron chi connectivity index (χ2n) is 3.56. The fourth-order valence-electron chi connectivity index (χ4n) is 1.76. The SMILES string of the molecule is OCCCC1CC(C2OC2O)N1. The highest BCUT2D eigenvalue weighted by molar-refractivity contribution is 4.99. The molecular formula is C8H15NO3. The monoisotopic (exact) mass is 173 g/mol. The summed E-state index contributed by atoms with van der Waals surface area (Å²) in [4.78, 5) is 0. The zero-order valence-corrected chi connectivity index (χ0v) is 6.94. The van der Waals surface area contributed by atoms with Crippen LogP contribution in [0.25, 0.3) is 0 Å². The predicted molar refractivity (Wildman–Crippen MR) is 42.5 cm³/mol. The summed E-state index contributed by atoms with van der Waals surface area (Å²) in [5, 5.41) is 20.8. The highest BCUT2D eigenvalue weighted by atomic mass is 16.7. The number of hydrogen-bond acceptors (Lipinski definition) is 4. The third-order valence-electron chi connectivity index (χ3n) is 2.60. The van der Waals surface area contributed by atoms with E-state index in [1.807, 2.05) is 0 Å². The Morgan fingerprint density at radius 3 is 2.67 bits per heavy atom. The van der Waals surface area contributed by atoms with E-state index in [0.717, 1.165) is 19.3 Å². The Hall–Kier alpha value is -0.160. The van der Waals surface area contributed by atoms with Crippen molar-refractivity contribution in [2.45, 2.75) is 43.7 Å². The van der Waals surface area contributed by atoms with Crippen molar-refractivity contribution >= 4 is 0 Å². The lowest BCUT2D eigenvalue weighted by atomic mass is 9.91. The van der Waals surface area contributed by atoms with E-state index in [0.29, 0.717) is 12.1 Å². The number of ether oxygens (including phenoxy) is 1. The maximum absolute atomic E-state index is 8.92. The van der Waals surface area contributed by atoms with Gasteiger partial charge in [0.1, 0.15) is 6.10 Å². The van der Waals surface area contributed by atoms with Crippen LogP contribution in [-0.2, 0) is 4.74 Å². The van der Waals surface area contributed by atoms with E-state index in [9.17, 15) is 0 Å². The molecule has 70 valence electrons. The van der Waals surface area contributed by atoms with E-state index >= 15 is 0 Å². The van der Waals surface area contributed by atoms with Crippen molar-refractivity contribution in [3.05, 3.63) is 0 Å². The average molecular weight is 173 g/mol. The van der Waals surface area contributed by atoms with Crippen molar-refractivity contribution in [3.63, 3.8) is 0 Å². The number of aliphatic hydroxyl groups excluding tert-OH is 2. The molecule has 3 N–H and O–H groups in total. The second kappa shape index (κ2) is 3.30. The molecule has 0 aromatic rings. The molecule has 2 aliphatic heterocycles. The molecule has 2 saturated heterocycles. The quantitative estimate of drug-likeness (QED) is 0.487. The Labute approximate surface area is 71.5 Å². The Morgan fingerprint density at radius 1 is 1.50 bits per heavy atom. The Kier molecular flexibility index (Phi) is 2.32. The van der Waals surface area contributed by atoms with Gasteiger partial charge in [0.2, 0.25) is 0 Å². The van der Waals surface area contributed by atoms with Gasteiger partial charge in [-0.2, -0.15) is 0 Å². The fraction of sp³-hybridized carbons (Fsp3) is 1.00. The van der Waals surface area contributed by atoms with Gasteiger partial charge in [0.15, 0.2) is 6.29 Å². The Morgan fingerprint density at radius 2 is 2.17 bits per heavy atom. The summed E-state index contributed by atoms with van der Waals surface area (Å²) in [6.07, 6.45) is 2.47. The molecule has 0 spiro atoms. The van der Waals surface area contributed by atoms with Crippen LogP contribution in [-0.4, -0.2) is 41.3 Å². The summed E-state index contributed by atoms with van der Waals surface area (Å²) in [7, 11) is 0. The lowest BCUT2D eigenvalue weighted by molar-refractivity contribution is 0.153. The predicted octanol–water partition coefficient (Wildman–Crippen LogP) is -0.793. The van der Waals surface area contributed by atoms with Crippen LogP contribution in [0, 0.1) is 0 Å². The van der Waals surface area contributed by atoms with Crippen LogP contribution in [0.5, 0.6) is 0 Å². The first-order valence-corrected chi connectivity index (χ1v) is 4.51. The number of rotatable bonds is 4. The molecule has 0 bridgehead atoms. The summed E-state index contributed by atoms with van der Waals surface area (Å²) in [6.45, 7) is 0.269. The van der Waals surface area contributed by atoms with E-state index in [1.54, 1.807) is 0 Å². The zero-order chi connectivity index (χ0) is 8.55. The first-order valence-electron chi connectivity index (χ1n) is 4.51. The first-order chi connectivity index (χ1) is 5.81. The fourth-order valence-corrected chi connectivity index (χ4v) is 1.76. The summed E-state index contributed by atoms with van der Waals surface area (Å²) < 4.78 is 4.92. The Bertz CT molecular complexity index is 158. The van der Waals surface area contributed by atoms with Crippen LogP contribution < -0.4 is 5.32 Å². The minimum atomic E-state index is -0.527. The largest absolute Gasteiger partial charge is 0.396 e. The molecule has 2 heterocycles. The van der Waals surface area contributed by atoms with Gasteiger partial charge in [0.25, 0.3) is 0 Å². The van der Waals surface area contributed by atoms with E-state index in [2.05, 4.69) is 5.32 Å². The number of hydrogen-bond donors (Lipinski definition) is 3. The van der Waals surface area contributed by atoms with Crippen molar-refractivity contribution in [1.82, 2.24) is 5.32 Å². The molecule has 0 amide bonds. The molecule has 4 nitrogen and oxygen atoms in total. The van der Waals surface area contributed by atoms with Gasteiger partial charge in [0.05, 0.1) is 0 Å². The first kappa shape index (κ1) is 8.44. The molecule has 0 radical (unpaired) electrons. The standard InChI is InChI=1S/C8H15NO3/c10-3-1-2-5-4-6(9-5)7-8(11)12-7/h5-11H,1-4H2. The van der Waals surface area contributed by atoms with Gasteiger partial charge in [0, 0.05) is 18.7 Å². The molecule has 4 unspecified atom stereocenters. The second-order valence-corrected chi connectivity index (χ2v) is 3.56. The van der Waals surface area contributed by atoms with Crippen molar-refractivity contribution in [2.24, 2.45) is 0 Å². The summed E-state index contributed by atoms with van der Waals surface area (Å²) in [6, 6.07) is 0.877. The minimum absolute atomic E-state index is 0.0374. The molecule has 12 heavy (non-hydrogen) atoms. The summed E-state index contributed by atoms with van der Waals surface area (Å²) in [5.41, 5.74) is 0. The van der Waals surface area contributed by atoms with E-state index in [4.69, 9.17) is 14.9 Å². The van der Waals surface area contributed by atoms with Crippen LogP contribution >= 0.6 is 0 Å². The Balaban J connectivity index is 1.58. The maximum atomic E-state index is 8.92. The number of aliphatic hydroxyl groups is 2. The van der Waals surface area contributed by atoms with E-state index in [1.165, 1.54) is 0 Å². The van der Waals surface area contributed by atoms with Crippen LogP contribution in [0.4, 0.5) is 0 Å². The molecule has 0 saturated carbocycles.